The first-order chi connectivity index (χ1) is 8.15. The molecule has 1 N–H and O–H groups in total. The molecular weight excluding hydrogens is 248 g/mol. The molecule has 0 bridgehead atoms. The molecule has 1 rings (SSSR count). The average Bonchev–Trinajstić information content (AvgIpc) is 2.54. The van der Waals surface area contributed by atoms with Crippen molar-refractivity contribution >= 4 is 18.3 Å². The van der Waals surface area contributed by atoms with E-state index in [0.717, 1.165) is 37.9 Å². The first-order valence-electron chi connectivity index (χ1n) is 7.07. The summed E-state index contributed by atoms with van der Waals surface area (Å²) in [6, 6.07) is 0. The quantitative estimate of drug-likeness (QED) is 0.783. The maximum atomic E-state index is 12.0. The van der Waals surface area contributed by atoms with Crippen LogP contribution in [0.25, 0.3) is 0 Å². The maximum absolute atomic E-state index is 12.0. The van der Waals surface area contributed by atoms with Crippen molar-refractivity contribution in [2.75, 3.05) is 26.7 Å². The Balaban J connectivity index is 0.00000289. The third-order valence-corrected chi connectivity index (χ3v) is 3.89. The minimum absolute atomic E-state index is 0. The Morgan fingerprint density at radius 2 is 2.06 bits per heavy atom. The number of rotatable bonds is 5. The lowest BCUT2D eigenvalue weighted by molar-refractivity contribution is -0.131. The molecule has 0 spiro atoms. The summed E-state index contributed by atoms with van der Waals surface area (Å²) in [5, 5.41) is 3.09. The number of amides is 1. The molecule has 1 fully saturated rings. The minimum atomic E-state index is 0. The zero-order valence-corrected chi connectivity index (χ0v) is 12.9. The van der Waals surface area contributed by atoms with Gasteiger partial charge in [0.05, 0.1) is 0 Å². The number of likely N-dealkylation sites (tertiary alicyclic amines) is 1. The van der Waals surface area contributed by atoms with Gasteiger partial charge in [0.2, 0.25) is 5.91 Å². The van der Waals surface area contributed by atoms with Crippen molar-refractivity contribution in [3.8, 4) is 0 Å². The molecule has 1 aliphatic rings. The van der Waals surface area contributed by atoms with E-state index in [4.69, 9.17) is 0 Å². The fourth-order valence-corrected chi connectivity index (χ4v) is 2.61. The summed E-state index contributed by atoms with van der Waals surface area (Å²) < 4.78 is 0. The molecule has 0 aromatic rings. The fraction of sp³-hybridized carbons (Fsp3) is 0.929. The summed E-state index contributed by atoms with van der Waals surface area (Å²) in [5.74, 6) is 1.92. The van der Waals surface area contributed by atoms with Crippen molar-refractivity contribution in [3.63, 3.8) is 0 Å². The van der Waals surface area contributed by atoms with Gasteiger partial charge in [0.15, 0.2) is 0 Å². The number of carbonyl (C=O) groups is 1. The van der Waals surface area contributed by atoms with Gasteiger partial charge in [0.1, 0.15) is 0 Å². The molecule has 3 nitrogen and oxygen atoms in total. The average molecular weight is 277 g/mol. The van der Waals surface area contributed by atoms with Crippen LogP contribution in [0.4, 0.5) is 0 Å². The molecule has 4 heteroatoms. The first kappa shape index (κ1) is 17.7. The second kappa shape index (κ2) is 9.62. The van der Waals surface area contributed by atoms with Crippen LogP contribution in [0.5, 0.6) is 0 Å². The van der Waals surface area contributed by atoms with Gasteiger partial charge in [-0.2, -0.15) is 0 Å². The molecule has 1 saturated heterocycles. The maximum Gasteiger partial charge on any atom is 0.222 e. The molecule has 1 atom stereocenters. The van der Waals surface area contributed by atoms with Crippen molar-refractivity contribution in [3.05, 3.63) is 0 Å². The second-order valence-electron chi connectivity index (χ2n) is 5.52. The molecule has 0 aliphatic carbocycles. The van der Waals surface area contributed by atoms with Gasteiger partial charge in [-0.1, -0.05) is 13.8 Å². The monoisotopic (exact) mass is 276 g/mol. The van der Waals surface area contributed by atoms with Crippen LogP contribution in [0.1, 0.15) is 46.0 Å². The summed E-state index contributed by atoms with van der Waals surface area (Å²) >= 11 is 0. The molecule has 0 radical (unpaired) electrons. The normalized spacial score (nSPS) is 20.4. The molecule has 18 heavy (non-hydrogen) atoms. The van der Waals surface area contributed by atoms with Gasteiger partial charge in [-0.3, -0.25) is 4.79 Å². The van der Waals surface area contributed by atoms with E-state index in [9.17, 15) is 4.79 Å². The van der Waals surface area contributed by atoms with E-state index in [2.05, 4.69) is 24.1 Å². The highest BCUT2D eigenvalue weighted by molar-refractivity contribution is 5.85. The Morgan fingerprint density at radius 3 is 2.67 bits per heavy atom. The van der Waals surface area contributed by atoms with E-state index in [0.29, 0.717) is 12.3 Å². The van der Waals surface area contributed by atoms with Crippen molar-refractivity contribution < 1.29 is 4.79 Å². The third-order valence-electron chi connectivity index (χ3n) is 3.89. The molecule has 1 heterocycles. The van der Waals surface area contributed by atoms with Crippen LogP contribution in [-0.4, -0.2) is 37.5 Å². The SMILES string of the molecule is CNCCCC(=O)N1CCCC(C(C)C)CC1.Cl. The lowest BCUT2D eigenvalue weighted by Gasteiger charge is -2.21. The van der Waals surface area contributed by atoms with E-state index in [1.807, 2.05) is 7.05 Å². The molecular formula is C14H29ClN2O. The van der Waals surface area contributed by atoms with Gasteiger partial charge in [0, 0.05) is 19.5 Å². The van der Waals surface area contributed by atoms with Crippen molar-refractivity contribution in [1.82, 2.24) is 10.2 Å². The summed E-state index contributed by atoms with van der Waals surface area (Å²) in [6.45, 7) is 7.49. The second-order valence-corrected chi connectivity index (χ2v) is 5.52. The Bertz CT molecular complexity index is 234. The predicted octanol–water partition coefficient (Wildman–Crippen LogP) is 2.69. The number of hydrogen-bond acceptors (Lipinski definition) is 2. The van der Waals surface area contributed by atoms with Gasteiger partial charge in [-0.15, -0.1) is 12.4 Å². The Labute approximate surface area is 118 Å². The summed E-state index contributed by atoms with van der Waals surface area (Å²) in [4.78, 5) is 14.1. The van der Waals surface area contributed by atoms with Gasteiger partial charge in [-0.05, 0) is 51.1 Å². The lowest BCUT2D eigenvalue weighted by atomic mass is 9.89. The van der Waals surface area contributed by atoms with E-state index in [1.165, 1.54) is 19.3 Å². The largest absolute Gasteiger partial charge is 0.343 e. The number of carbonyl (C=O) groups excluding carboxylic acids is 1. The van der Waals surface area contributed by atoms with Gasteiger partial charge < -0.3 is 10.2 Å². The smallest absolute Gasteiger partial charge is 0.222 e. The summed E-state index contributed by atoms with van der Waals surface area (Å²) in [7, 11) is 1.93. The Morgan fingerprint density at radius 1 is 1.33 bits per heavy atom. The lowest BCUT2D eigenvalue weighted by Crippen LogP contribution is -2.32. The number of hydrogen-bond donors (Lipinski definition) is 1. The van der Waals surface area contributed by atoms with Gasteiger partial charge >= 0.3 is 0 Å². The van der Waals surface area contributed by atoms with Crippen LogP contribution in [0.2, 0.25) is 0 Å². The zero-order chi connectivity index (χ0) is 12.7. The van der Waals surface area contributed by atoms with Crippen LogP contribution < -0.4 is 5.32 Å². The first-order valence-corrected chi connectivity index (χ1v) is 7.07. The Hall–Kier alpha value is -0.280. The van der Waals surface area contributed by atoms with Crippen LogP contribution in [0, 0.1) is 11.8 Å². The van der Waals surface area contributed by atoms with Gasteiger partial charge in [0.25, 0.3) is 0 Å². The zero-order valence-electron chi connectivity index (χ0n) is 12.1. The molecule has 1 unspecified atom stereocenters. The highest BCUT2D eigenvalue weighted by Crippen LogP contribution is 2.24. The minimum Gasteiger partial charge on any atom is -0.343 e. The van der Waals surface area contributed by atoms with Crippen LogP contribution in [0.3, 0.4) is 0 Å². The van der Waals surface area contributed by atoms with E-state index in [-0.39, 0.29) is 12.4 Å². The Kier molecular flexibility index (Phi) is 9.47. The molecule has 0 saturated carbocycles. The standard InChI is InChI=1S/C14H28N2O.ClH/c1-12(2)13-6-5-10-16(11-8-13)14(17)7-4-9-15-3;/h12-13,15H,4-11H2,1-3H3;1H. The third kappa shape index (κ3) is 6.05. The predicted molar refractivity (Wildman–Crippen MR) is 79.2 cm³/mol. The van der Waals surface area contributed by atoms with Crippen LogP contribution in [0.15, 0.2) is 0 Å². The highest BCUT2D eigenvalue weighted by Gasteiger charge is 2.21. The van der Waals surface area contributed by atoms with E-state index >= 15 is 0 Å². The van der Waals surface area contributed by atoms with Crippen molar-refractivity contribution in [2.45, 2.75) is 46.0 Å². The van der Waals surface area contributed by atoms with E-state index < -0.39 is 0 Å². The number of nitrogens with one attached hydrogen (secondary N) is 1. The summed E-state index contributed by atoms with van der Waals surface area (Å²) in [6.07, 6.45) is 5.32. The number of nitrogens with zero attached hydrogens (tertiary/aromatic N) is 1. The highest BCUT2D eigenvalue weighted by atomic mass is 35.5. The topological polar surface area (TPSA) is 32.3 Å². The van der Waals surface area contributed by atoms with Crippen LogP contribution >= 0.6 is 12.4 Å². The summed E-state index contributed by atoms with van der Waals surface area (Å²) in [5.41, 5.74) is 0. The molecule has 0 aromatic heterocycles. The molecule has 1 amide bonds. The van der Waals surface area contributed by atoms with Crippen molar-refractivity contribution in [2.24, 2.45) is 11.8 Å². The molecule has 0 aromatic carbocycles. The van der Waals surface area contributed by atoms with Crippen molar-refractivity contribution in [1.29, 1.82) is 0 Å². The molecule has 1 aliphatic heterocycles. The van der Waals surface area contributed by atoms with Crippen LogP contribution in [-0.2, 0) is 4.79 Å². The fourth-order valence-electron chi connectivity index (χ4n) is 2.61. The van der Waals surface area contributed by atoms with Gasteiger partial charge in [-0.25, -0.2) is 0 Å². The number of halogens is 1. The van der Waals surface area contributed by atoms with E-state index in [1.54, 1.807) is 0 Å². The molecule has 108 valence electrons.